The maximum absolute atomic E-state index is 13.1. The number of rotatable bonds is 4. The second kappa shape index (κ2) is 8.01. The van der Waals surface area contributed by atoms with Gasteiger partial charge < -0.3 is 10.6 Å². The Balaban J connectivity index is 1.67. The predicted octanol–water partition coefficient (Wildman–Crippen LogP) is 5.66. The van der Waals surface area contributed by atoms with Gasteiger partial charge in [0.1, 0.15) is 5.82 Å². The van der Waals surface area contributed by atoms with Crippen molar-refractivity contribution in [3.8, 4) is 0 Å². The minimum Gasteiger partial charge on any atom is -0.349 e. The summed E-state index contributed by atoms with van der Waals surface area (Å²) < 4.78 is 0. The number of aryl methyl sites for hydroxylation is 2. The van der Waals surface area contributed by atoms with Crippen molar-refractivity contribution in [2.75, 3.05) is 5.32 Å². The Hall–Kier alpha value is -2.88. The molecule has 144 valence electrons. The van der Waals surface area contributed by atoms with Crippen LogP contribution in [0.4, 0.5) is 11.5 Å². The molecule has 0 radical (unpaired) electrons. The molecule has 1 aliphatic rings. The molecule has 1 saturated carbocycles. The van der Waals surface area contributed by atoms with E-state index in [2.05, 4.69) is 42.7 Å². The third kappa shape index (κ3) is 4.01. The number of anilines is 2. The third-order valence-corrected chi connectivity index (χ3v) is 5.55. The first kappa shape index (κ1) is 18.5. The van der Waals surface area contributed by atoms with Crippen LogP contribution in [0.3, 0.4) is 0 Å². The Kier molecular flexibility index (Phi) is 5.29. The smallest absolute Gasteiger partial charge is 0.252 e. The third-order valence-electron chi connectivity index (χ3n) is 5.55. The lowest BCUT2D eigenvalue weighted by Crippen LogP contribution is -2.36. The zero-order valence-corrected chi connectivity index (χ0v) is 16.6. The first-order valence-electron chi connectivity index (χ1n) is 10.1. The summed E-state index contributed by atoms with van der Waals surface area (Å²) in [5, 5.41) is 7.53. The summed E-state index contributed by atoms with van der Waals surface area (Å²) in [5.41, 5.74) is 4.90. The molecule has 0 aliphatic heterocycles. The van der Waals surface area contributed by atoms with Gasteiger partial charge in [-0.15, -0.1) is 0 Å². The Bertz CT molecular complexity index is 1010. The molecule has 28 heavy (non-hydrogen) atoms. The van der Waals surface area contributed by atoms with E-state index in [-0.39, 0.29) is 11.9 Å². The van der Waals surface area contributed by atoms with Gasteiger partial charge in [0.2, 0.25) is 0 Å². The highest BCUT2D eigenvalue weighted by atomic mass is 16.1. The summed E-state index contributed by atoms with van der Waals surface area (Å²) in [4.78, 5) is 17.8. The van der Waals surface area contributed by atoms with Gasteiger partial charge >= 0.3 is 0 Å². The van der Waals surface area contributed by atoms with Crippen molar-refractivity contribution in [3.63, 3.8) is 0 Å². The second-order valence-electron chi connectivity index (χ2n) is 7.82. The molecule has 4 heteroatoms. The number of pyridine rings is 1. The van der Waals surface area contributed by atoms with Crippen molar-refractivity contribution in [1.29, 1.82) is 0 Å². The highest BCUT2D eigenvalue weighted by Crippen LogP contribution is 2.26. The zero-order valence-electron chi connectivity index (χ0n) is 16.6. The molecule has 4 nitrogen and oxygen atoms in total. The average molecular weight is 374 g/mol. The van der Waals surface area contributed by atoms with Crippen LogP contribution in [-0.2, 0) is 0 Å². The van der Waals surface area contributed by atoms with Crippen LogP contribution in [0.1, 0.15) is 53.6 Å². The van der Waals surface area contributed by atoms with Crippen molar-refractivity contribution >= 4 is 28.3 Å². The topological polar surface area (TPSA) is 54.0 Å². The molecule has 0 saturated heterocycles. The van der Waals surface area contributed by atoms with E-state index in [0.29, 0.717) is 11.4 Å². The van der Waals surface area contributed by atoms with Gasteiger partial charge in [0, 0.05) is 17.1 Å². The number of nitrogens with one attached hydrogen (secondary N) is 2. The minimum absolute atomic E-state index is 0.00539. The maximum atomic E-state index is 13.1. The number of hydrogen-bond acceptors (Lipinski definition) is 3. The van der Waals surface area contributed by atoms with Crippen LogP contribution in [-0.4, -0.2) is 16.9 Å². The van der Waals surface area contributed by atoms with Gasteiger partial charge in [-0.25, -0.2) is 4.98 Å². The number of benzene rings is 2. The monoisotopic (exact) mass is 373 g/mol. The predicted molar refractivity (Wildman–Crippen MR) is 115 cm³/mol. The highest BCUT2D eigenvalue weighted by Gasteiger charge is 2.19. The van der Waals surface area contributed by atoms with Gasteiger partial charge in [-0.2, -0.15) is 0 Å². The molecule has 1 aliphatic carbocycles. The van der Waals surface area contributed by atoms with Crippen molar-refractivity contribution in [1.82, 2.24) is 10.3 Å². The number of carbonyl (C=O) groups excluding carboxylic acids is 1. The van der Waals surface area contributed by atoms with Crippen LogP contribution < -0.4 is 10.6 Å². The molecule has 1 fully saturated rings. The number of aromatic nitrogens is 1. The molecule has 1 amide bonds. The summed E-state index contributed by atoms with van der Waals surface area (Å²) in [6.45, 7) is 4.16. The first-order valence-corrected chi connectivity index (χ1v) is 10.1. The second-order valence-corrected chi connectivity index (χ2v) is 7.82. The standard InChI is InChI=1S/C24H27N3O/c1-16-12-13-21(17(2)14-16)26-23-15-20(19-10-6-7-11-22(19)27-23)24(28)25-18-8-4-3-5-9-18/h6-7,10-15,18H,3-5,8-9H2,1-2H3,(H,25,28)(H,26,27). The molecule has 3 aromatic rings. The SMILES string of the molecule is Cc1ccc(Nc2cc(C(=O)NC3CCCCC3)c3ccccc3n2)c(C)c1. The fourth-order valence-electron chi connectivity index (χ4n) is 4.03. The molecule has 0 unspecified atom stereocenters. The summed E-state index contributed by atoms with van der Waals surface area (Å²) in [7, 11) is 0. The Morgan fingerprint density at radius 1 is 1.00 bits per heavy atom. The van der Waals surface area contributed by atoms with E-state index in [1.54, 1.807) is 0 Å². The molecule has 1 heterocycles. The van der Waals surface area contributed by atoms with Gasteiger partial charge in [0.05, 0.1) is 11.1 Å². The number of amides is 1. The minimum atomic E-state index is -0.00539. The molecule has 1 aromatic heterocycles. The zero-order chi connectivity index (χ0) is 19.5. The van der Waals surface area contributed by atoms with Crippen LogP contribution in [0.25, 0.3) is 10.9 Å². The summed E-state index contributed by atoms with van der Waals surface area (Å²) >= 11 is 0. The first-order chi connectivity index (χ1) is 13.6. The number of fused-ring (bicyclic) bond motifs is 1. The van der Waals surface area contributed by atoms with Crippen LogP contribution in [0, 0.1) is 13.8 Å². The lowest BCUT2D eigenvalue weighted by molar-refractivity contribution is 0.0929. The Labute approximate surface area is 166 Å². The van der Waals surface area contributed by atoms with E-state index in [1.165, 1.54) is 24.8 Å². The quantitative estimate of drug-likeness (QED) is 0.620. The molecule has 2 N–H and O–H groups in total. The van der Waals surface area contributed by atoms with Crippen LogP contribution in [0.5, 0.6) is 0 Å². The molecule has 0 atom stereocenters. The van der Waals surface area contributed by atoms with E-state index in [1.807, 2.05) is 30.3 Å². The number of para-hydroxylation sites is 1. The molecule has 4 rings (SSSR count). The lowest BCUT2D eigenvalue weighted by atomic mass is 9.95. The summed E-state index contributed by atoms with van der Waals surface area (Å²) in [5.74, 6) is 0.689. The van der Waals surface area contributed by atoms with E-state index in [4.69, 9.17) is 4.98 Å². The summed E-state index contributed by atoms with van der Waals surface area (Å²) in [6.07, 6.45) is 5.81. The summed E-state index contributed by atoms with van der Waals surface area (Å²) in [6, 6.07) is 16.3. The Morgan fingerprint density at radius 2 is 1.79 bits per heavy atom. The van der Waals surface area contributed by atoms with E-state index >= 15 is 0 Å². The van der Waals surface area contributed by atoms with Gasteiger partial charge in [0.15, 0.2) is 0 Å². The van der Waals surface area contributed by atoms with Crippen LogP contribution >= 0.6 is 0 Å². The van der Waals surface area contributed by atoms with Crippen molar-refractivity contribution < 1.29 is 4.79 Å². The molecule has 0 spiro atoms. The lowest BCUT2D eigenvalue weighted by Gasteiger charge is -2.23. The number of carbonyl (C=O) groups is 1. The fourth-order valence-corrected chi connectivity index (χ4v) is 4.03. The molecule has 0 bridgehead atoms. The Morgan fingerprint density at radius 3 is 2.57 bits per heavy atom. The van der Waals surface area contributed by atoms with Gasteiger partial charge in [-0.05, 0) is 50.5 Å². The largest absolute Gasteiger partial charge is 0.349 e. The van der Waals surface area contributed by atoms with Crippen LogP contribution in [0.15, 0.2) is 48.5 Å². The average Bonchev–Trinajstić information content (AvgIpc) is 2.70. The van der Waals surface area contributed by atoms with E-state index < -0.39 is 0 Å². The van der Waals surface area contributed by atoms with Gasteiger partial charge in [-0.1, -0.05) is 55.2 Å². The highest BCUT2D eigenvalue weighted by molar-refractivity contribution is 6.07. The van der Waals surface area contributed by atoms with Crippen molar-refractivity contribution in [2.45, 2.75) is 52.0 Å². The molecular weight excluding hydrogens is 346 g/mol. The van der Waals surface area contributed by atoms with Gasteiger partial charge in [0.25, 0.3) is 5.91 Å². The molecular formula is C24H27N3O. The van der Waals surface area contributed by atoms with Crippen molar-refractivity contribution in [3.05, 3.63) is 65.2 Å². The maximum Gasteiger partial charge on any atom is 0.252 e. The fraction of sp³-hybridized carbons (Fsp3) is 0.333. The van der Waals surface area contributed by atoms with Crippen molar-refractivity contribution in [2.24, 2.45) is 0 Å². The number of hydrogen-bond donors (Lipinski definition) is 2. The van der Waals surface area contributed by atoms with E-state index in [0.717, 1.165) is 35.0 Å². The van der Waals surface area contributed by atoms with E-state index in [9.17, 15) is 4.79 Å². The normalized spacial score (nSPS) is 14.8. The number of nitrogens with zero attached hydrogens (tertiary/aromatic N) is 1. The molecule has 2 aromatic carbocycles. The van der Waals surface area contributed by atoms with Crippen LogP contribution in [0.2, 0.25) is 0 Å². The van der Waals surface area contributed by atoms with Gasteiger partial charge in [-0.3, -0.25) is 4.79 Å².